The molecule has 0 radical (unpaired) electrons. The van der Waals surface area contributed by atoms with Crippen molar-refractivity contribution >= 4 is 21.9 Å². The molecule has 0 N–H and O–H groups in total. The molecule has 170 valence electrons. The number of hydrogen-bond acceptors (Lipinski definition) is 1. The summed E-state index contributed by atoms with van der Waals surface area (Å²) < 4.78 is 84.3. The second-order valence-electron chi connectivity index (χ2n) is 9.55. The van der Waals surface area contributed by atoms with Crippen LogP contribution >= 0.6 is 0 Å². The number of hydrogen-bond donors (Lipinski definition) is 0. The molecule has 0 spiro atoms. The number of furan rings is 1. The topological polar surface area (TPSA) is 17.0 Å². The first-order chi connectivity index (χ1) is 19.0. The summed E-state index contributed by atoms with van der Waals surface area (Å²) in [5.41, 5.74) is 1.41. The molecule has 34 heavy (non-hydrogen) atoms. The molecule has 1 aliphatic rings. The van der Waals surface area contributed by atoms with Gasteiger partial charge in [0.2, 0.25) is 5.69 Å². The molecule has 0 bridgehead atoms. The Bertz CT molecular complexity index is 1900. The lowest BCUT2D eigenvalue weighted by Gasteiger charge is -2.15. The summed E-state index contributed by atoms with van der Waals surface area (Å²) in [6, 6.07) is 15.3. The second kappa shape index (κ2) is 7.27. The van der Waals surface area contributed by atoms with Crippen LogP contribution in [0.25, 0.3) is 44.3 Å². The van der Waals surface area contributed by atoms with Crippen molar-refractivity contribution in [3.8, 4) is 22.4 Å². The third-order valence-electron chi connectivity index (χ3n) is 6.59. The molecule has 5 aromatic rings. The Balaban J connectivity index is 1.72. The van der Waals surface area contributed by atoms with Gasteiger partial charge in [-0.05, 0) is 78.0 Å². The highest BCUT2D eigenvalue weighted by Crippen LogP contribution is 2.44. The van der Waals surface area contributed by atoms with Crippen molar-refractivity contribution in [2.45, 2.75) is 40.4 Å². The normalized spacial score (nSPS) is 21.1. The molecule has 2 aromatic heterocycles. The molecule has 2 heterocycles. The van der Waals surface area contributed by atoms with E-state index in [-0.39, 0.29) is 33.4 Å². The smallest absolute Gasteiger partial charge is 0.216 e. The maximum absolute atomic E-state index is 15.8. The standard InChI is InChI=1S/C31H29FNO/c1-18-9-10-22-23-11-12-25(32)28(20-14-19(2)24-17-31(3,4)16-21(24)15-20)30(23)34-29(22)27(18)26-8-6-7-13-33(26)5/h6-15H,16-17H2,1-5H3/q+1/i2D3,16D2,17D2. The average Bonchev–Trinajstić information content (AvgIpc) is 3.29. The Kier molecular flexibility index (Phi) is 3.15. The van der Waals surface area contributed by atoms with Gasteiger partial charge in [0.15, 0.2) is 6.20 Å². The second-order valence-corrected chi connectivity index (χ2v) is 9.55. The molecule has 2 nitrogen and oxygen atoms in total. The lowest BCUT2D eigenvalue weighted by Crippen LogP contribution is -2.30. The zero-order valence-corrected chi connectivity index (χ0v) is 19.5. The first kappa shape index (κ1) is 14.7. The summed E-state index contributed by atoms with van der Waals surface area (Å²) >= 11 is 0. The maximum Gasteiger partial charge on any atom is 0.216 e. The average molecular weight is 458 g/mol. The Morgan fingerprint density at radius 3 is 2.50 bits per heavy atom. The monoisotopic (exact) mass is 457 g/mol. The van der Waals surface area contributed by atoms with Gasteiger partial charge in [-0.2, -0.15) is 0 Å². The third-order valence-corrected chi connectivity index (χ3v) is 6.59. The number of fused-ring (bicyclic) bond motifs is 4. The maximum atomic E-state index is 15.8. The minimum atomic E-state index is -2.77. The van der Waals surface area contributed by atoms with Crippen LogP contribution in [0.5, 0.6) is 0 Å². The molecular formula is C31H29FNO+. The molecular weight excluding hydrogens is 421 g/mol. The Hall–Kier alpha value is -3.46. The lowest BCUT2D eigenvalue weighted by atomic mass is 9.90. The van der Waals surface area contributed by atoms with Crippen LogP contribution in [0, 0.1) is 25.0 Å². The highest BCUT2D eigenvalue weighted by Gasteiger charge is 2.30. The largest absolute Gasteiger partial charge is 0.454 e. The predicted octanol–water partition coefficient (Wildman–Crippen LogP) is 7.63. The minimum Gasteiger partial charge on any atom is -0.454 e. The minimum absolute atomic E-state index is 0.00843. The number of halogens is 1. The van der Waals surface area contributed by atoms with Gasteiger partial charge in [-0.3, -0.25) is 0 Å². The summed E-state index contributed by atoms with van der Waals surface area (Å²) in [6.07, 6.45) is -2.58. The van der Waals surface area contributed by atoms with E-state index in [2.05, 4.69) is 0 Å². The summed E-state index contributed by atoms with van der Waals surface area (Å²) in [4.78, 5) is 0. The van der Waals surface area contributed by atoms with Gasteiger partial charge in [-0.1, -0.05) is 38.1 Å². The zero-order chi connectivity index (χ0) is 29.9. The van der Waals surface area contributed by atoms with Crippen molar-refractivity contribution in [3.05, 3.63) is 88.9 Å². The van der Waals surface area contributed by atoms with Crippen molar-refractivity contribution in [1.29, 1.82) is 0 Å². The van der Waals surface area contributed by atoms with Crippen LogP contribution in [-0.4, -0.2) is 0 Å². The number of rotatable bonds is 2. The van der Waals surface area contributed by atoms with Crippen molar-refractivity contribution < 1.29 is 23.0 Å². The Morgan fingerprint density at radius 1 is 0.971 bits per heavy atom. The summed E-state index contributed by atoms with van der Waals surface area (Å²) in [5, 5.41) is 1.39. The molecule has 3 heteroatoms. The van der Waals surface area contributed by atoms with E-state index >= 15 is 4.39 Å². The number of aromatic nitrogens is 1. The summed E-state index contributed by atoms with van der Waals surface area (Å²) in [7, 11) is 1.93. The fraction of sp³-hybridized carbons (Fsp3) is 0.258. The van der Waals surface area contributed by atoms with E-state index in [0.29, 0.717) is 11.0 Å². The van der Waals surface area contributed by atoms with E-state index in [1.54, 1.807) is 6.07 Å². The first-order valence-corrected chi connectivity index (χ1v) is 11.3. The molecule has 0 unspecified atom stereocenters. The molecule has 3 aromatic carbocycles. The van der Waals surface area contributed by atoms with E-state index in [4.69, 9.17) is 14.0 Å². The fourth-order valence-corrected chi connectivity index (χ4v) is 5.05. The van der Waals surface area contributed by atoms with Gasteiger partial charge in [0.1, 0.15) is 24.0 Å². The van der Waals surface area contributed by atoms with Gasteiger partial charge in [0.25, 0.3) is 0 Å². The van der Waals surface area contributed by atoms with Crippen LogP contribution in [-0.2, 0) is 19.8 Å². The number of aryl methyl sites for hydroxylation is 3. The van der Waals surface area contributed by atoms with Gasteiger partial charge >= 0.3 is 0 Å². The molecule has 0 saturated carbocycles. The fourth-order valence-electron chi connectivity index (χ4n) is 5.05. The lowest BCUT2D eigenvalue weighted by molar-refractivity contribution is -0.660. The van der Waals surface area contributed by atoms with Gasteiger partial charge < -0.3 is 4.42 Å². The van der Waals surface area contributed by atoms with E-state index in [0.717, 1.165) is 22.2 Å². The van der Waals surface area contributed by atoms with E-state index in [1.807, 2.05) is 55.1 Å². The van der Waals surface area contributed by atoms with Gasteiger partial charge in [-0.15, -0.1) is 0 Å². The highest BCUT2D eigenvalue weighted by molar-refractivity contribution is 6.13. The van der Waals surface area contributed by atoms with E-state index in [9.17, 15) is 0 Å². The van der Waals surface area contributed by atoms with Crippen LogP contribution < -0.4 is 4.57 Å². The molecule has 0 aliphatic heterocycles. The number of pyridine rings is 1. The highest BCUT2D eigenvalue weighted by atomic mass is 19.1. The zero-order valence-electron chi connectivity index (χ0n) is 26.5. The quantitative estimate of drug-likeness (QED) is 0.249. The van der Waals surface area contributed by atoms with Gasteiger partial charge in [0, 0.05) is 32.5 Å². The van der Waals surface area contributed by atoms with Crippen LogP contribution in [0.15, 0.2) is 65.2 Å². The van der Waals surface area contributed by atoms with Crippen LogP contribution in [0.4, 0.5) is 4.39 Å². The Labute approximate surface area is 209 Å². The summed E-state index contributed by atoms with van der Waals surface area (Å²) in [6.45, 7) is 2.10. The SMILES string of the molecule is [2H]C([2H])([2H])c1cc(-c2c(F)ccc3c2oc2c(-c4cccc[n+]4C)c(C)ccc23)cc2c1C([2H])([2H])C(C)(C)C2([2H])[2H]. The molecule has 1 aliphatic carbocycles. The van der Waals surface area contributed by atoms with E-state index in [1.165, 1.54) is 32.0 Å². The van der Waals surface area contributed by atoms with Crippen molar-refractivity contribution in [1.82, 2.24) is 0 Å². The molecule has 0 fully saturated rings. The van der Waals surface area contributed by atoms with Gasteiger partial charge in [-0.25, -0.2) is 8.96 Å². The molecule has 0 saturated heterocycles. The molecule has 6 rings (SSSR count). The number of nitrogens with zero attached hydrogens (tertiary/aromatic N) is 1. The van der Waals surface area contributed by atoms with E-state index < -0.39 is 30.8 Å². The van der Waals surface area contributed by atoms with Crippen LogP contribution in [0.3, 0.4) is 0 Å². The Morgan fingerprint density at radius 2 is 1.74 bits per heavy atom. The molecule has 0 amide bonds. The number of benzene rings is 3. The molecule has 0 atom stereocenters. The first-order valence-electron chi connectivity index (χ1n) is 14.8. The van der Waals surface area contributed by atoms with Gasteiger partial charge in [0.05, 0.1) is 11.1 Å². The third kappa shape index (κ3) is 3.10. The van der Waals surface area contributed by atoms with Crippen molar-refractivity contribution in [3.63, 3.8) is 0 Å². The summed E-state index contributed by atoms with van der Waals surface area (Å²) in [5.74, 6) is -0.655. The predicted molar refractivity (Wildman–Crippen MR) is 136 cm³/mol. The van der Waals surface area contributed by atoms with Crippen molar-refractivity contribution in [2.24, 2.45) is 12.5 Å². The van der Waals surface area contributed by atoms with Crippen LogP contribution in [0.2, 0.25) is 0 Å². The van der Waals surface area contributed by atoms with Crippen LogP contribution in [0.1, 0.15) is 45.7 Å². The van der Waals surface area contributed by atoms with Crippen molar-refractivity contribution in [2.75, 3.05) is 0 Å².